The third kappa shape index (κ3) is 5.05. The number of methoxy groups -OCH3 is 2. The fourth-order valence-electron chi connectivity index (χ4n) is 4.54. The van der Waals surface area contributed by atoms with E-state index >= 15 is 0 Å². The second-order valence-corrected chi connectivity index (χ2v) is 8.74. The predicted molar refractivity (Wildman–Crippen MR) is 139 cm³/mol. The molecule has 1 aliphatic carbocycles. The van der Waals surface area contributed by atoms with Gasteiger partial charge in [-0.25, -0.2) is 4.79 Å². The molecule has 2 aliphatic rings. The second kappa shape index (κ2) is 10.6. The highest BCUT2D eigenvalue weighted by Gasteiger charge is 2.26. The summed E-state index contributed by atoms with van der Waals surface area (Å²) in [5.74, 6) is 2.67. The number of fused-ring (bicyclic) bond motifs is 1. The van der Waals surface area contributed by atoms with E-state index in [1.165, 1.54) is 5.56 Å². The van der Waals surface area contributed by atoms with Crippen LogP contribution in [-0.2, 0) is 6.42 Å². The van der Waals surface area contributed by atoms with Crippen LogP contribution >= 0.6 is 0 Å². The van der Waals surface area contributed by atoms with Crippen molar-refractivity contribution in [2.24, 2.45) is 0 Å². The van der Waals surface area contributed by atoms with E-state index in [9.17, 15) is 4.79 Å². The minimum Gasteiger partial charge on any atom is -0.493 e. The van der Waals surface area contributed by atoms with Gasteiger partial charge in [-0.15, -0.1) is 0 Å². The number of carbonyl (C=O) groups is 1. The summed E-state index contributed by atoms with van der Waals surface area (Å²) < 4.78 is 17.1. The van der Waals surface area contributed by atoms with Crippen molar-refractivity contribution in [1.82, 2.24) is 15.2 Å². The standard InChI is InChI=1S/C29H29N3O4/c1-34-27-18-24-25(19-28(27)35-2)30-15-13-26(24)36-23-10-6-9-22(11-12-23)32-16-14-21(31-29(32)33)17-20-7-4-3-5-8-20/h3-9,11-13,15,18-19,21H,10,14,16-17H2,1-2H3,(H,31,33)/t21-/m1/s1. The SMILES string of the molecule is COc1cc2nccc(OC3=CC=C(N4CC[C@H](Cc5ccccc5)NC4=O)C=CC3)c2cc1OC. The lowest BCUT2D eigenvalue weighted by Crippen LogP contribution is -2.51. The number of benzene rings is 2. The molecule has 7 heteroatoms. The molecule has 1 aromatic heterocycles. The van der Waals surface area contributed by atoms with E-state index < -0.39 is 0 Å². The summed E-state index contributed by atoms with van der Waals surface area (Å²) in [5, 5.41) is 3.98. The monoisotopic (exact) mass is 483 g/mol. The van der Waals surface area contributed by atoms with Crippen LogP contribution in [0.4, 0.5) is 4.79 Å². The summed E-state index contributed by atoms with van der Waals surface area (Å²) in [7, 11) is 3.20. The maximum absolute atomic E-state index is 12.9. The van der Waals surface area contributed by atoms with Crippen molar-refractivity contribution in [2.75, 3.05) is 20.8 Å². The summed E-state index contributed by atoms with van der Waals surface area (Å²) in [5.41, 5.74) is 2.82. The number of rotatable bonds is 7. The number of nitrogens with zero attached hydrogens (tertiary/aromatic N) is 2. The number of pyridine rings is 1. The van der Waals surface area contributed by atoms with Crippen LogP contribution in [-0.4, -0.2) is 42.7 Å². The fraction of sp³-hybridized carbons (Fsp3) is 0.241. The second-order valence-electron chi connectivity index (χ2n) is 8.74. The highest BCUT2D eigenvalue weighted by Crippen LogP contribution is 2.36. The molecule has 7 nitrogen and oxygen atoms in total. The van der Waals surface area contributed by atoms with Gasteiger partial charge in [0, 0.05) is 42.4 Å². The third-order valence-electron chi connectivity index (χ3n) is 6.41. The lowest BCUT2D eigenvalue weighted by molar-refractivity contribution is 0.191. The van der Waals surface area contributed by atoms with Crippen molar-refractivity contribution in [2.45, 2.75) is 25.3 Å². The number of allylic oxidation sites excluding steroid dienone is 4. The van der Waals surface area contributed by atoms with Gasteiger partial charge in [0.15, 0.2) is 11.5 Å². The minimum atomic E-state index is -0.0722. The van der Waals surface area contributed by atoms with E-state index in [-0.39, 0.29) is 12.1 Å². The molecule has 1 fully saturated rings. The van der Waals surface area contributed by atoms with E-state index in [4.69, 9.17) is 14.2 Å². The van der Waals surface area contributed by atoms with Crippen LogP contribution < -0.4 is 19.5 Å². The van der Waals surface area contributed by atoms with Crippen molar-refractivity contribution in [3.05, 3.63) is 96.1 Å². The largest absolute Gasteiger partial charge is 0.493 e. The Hall–Kier alpha value is -4.26. The predicted octanol–water partition coefficient (Wildman–Crippen LogP) is 5.39. The Bertz CT molecular complexity index is 1350. The Morgan fingerprint density at radius 1 is 1.03 bits per heavy atom. The molecule has 0 bridgehead atoms. The van der Waals surface area contributed by atoms with Crippen LogP contribution in [0.25, 0.3) is 10.9 Å². The van der Waals surface area contributed by atoms with Gasteiger partial charge in [0.1, 0.15) is 11.5 Å². The first kappa shape index (κ1) is 23.5. The van der Waals surface area contributed by atoms with Crippen molar-refractivity contribution in [3.63, 3.8) is 0 Å². The molecule has 0 spiro atoms. The van der Waals surface area contributed by atoms with E-state index in [0.29, 0.717) is 30.2 Å². The Labute approximate surface area is 210 Å². The van der Waals surface area contributed by atoms with Gasteiger partial charge in [0.25, 0.3) is 0 Å². The Balaban J connectivity index is 1.30. The quantitative estimate of drug-likeness (QED) is 0.488. The highest BCUT2D eigenvalue weighted by molar-refractivity contribution is 5.88. The topological polar surface area (TPSA) is 72.9 Å². The van der Waals surface area contributed by atoms with Gasteiger partial charge in [0.2, 0.25) is 0 Å². The summed E-state index contributed by atoms with van der Waals surface area (Å²) in [6.07, 6.45) is 11.9. The molecule has 0 radical (unpaired) electrons. The summed E-state index contributed by atoms with van der Waals surface area (Å²) in [6, 6.07) is 15.9. The summed E-state index contributed by atoms with van der Waals surface area (Å²) >= 11 is 0. The zero-order chi connectivity index (χ0) is 24.9. The average molecular weight is 484 g/mol. The summed E-state index contributed by atoms with van der Waals surface area (Å²) in [4.78, 5) is 19.1. The molecular formula is C29H29N3O4. The lowest BCUT2D eigenvalue weighted by atomic mass is 10.0. The molecule has 36 heavy (non-hydrogen) atoms. The van der Waals surface area contributed by atoms with Crippen LogP contribution in [0.1, 0.15) is 18.4 Å². The number of urea groups is 1. The first-order valence-electron chi connectivity index (χ1n) is 12.0. The van der Waals surface area contributed by atoms with E-state index in [0.717, 1.165) is 35.2 Å². The van der Waals surface area contributed by atoms with Crippen LogP contribution in [0.2, 0.25) is 0 Å². The van der Waals surface area contributed by atoms with Gasteiger partial charge in [0.05, 0.1) is 19.7 Å². The number of ether oxygens (including phenoxy) is 3. The minimum absolute atomic E-state index is 0.0722. The first-order chi connectivity index (χ1) is 17.6. The maximum Gasteiger partial charge on any atom is 0.322 e. The average Bonchev–Trinajstić information content (AvgIpc) is 3.14. The highest BCUT2D eigenvalue weighted by atomic mass is 16.5. The number of aromatic nitrogens is 1. The van der Waals surface area contributed by atoms with E-state index in [1.54, 1.807) is 25.3 Å². The van der Waals surface area contributed by atoms with Gasteiger partial charge in [-0.2, -0.15) is 0 Å². The molecule has 2 amide bonds. The number of hydrogen-bond donors (Lipinski definition) is 1. The summed E-state index contributed by atoms with van der Waals surface area (Å²) in [6.45, 7) is 0.667. The fourth-order valence-corrected chi connectivity index (χ4v) is 4.54. The molecule has 3 aromatic rings. The number of nitrogens with one attached hydrogen (secondary N) is 1. The lowest BCUT2D eigenvalue weighted by Gasteiger charge is -2.33. The van der Waals surface area contributed by atoms with Crippen molar-refractivity contribution >= 4 is 16.9 Å². The molecule has 2 heterocycles. The third-order valence-corrected chi connectivity index (χ3v) is 6.41. The molecule has 2 aromatic carbocycles. The smallest absolute Gasteiger partial charge is 0.322 e. The number of hydrogen-bond acceptors (Lipinski definition) is 5. The Morgan fingerprint density at radius 3 is 2.61 bits per heavy atom. The molecule has 1 saturated heterocycles. The Kier molecular flexibility index (Phi) is 6.89. The number of carbonyl (C=O) groups excluding carboxylic acids is 1. The van der Waals surface area contributed by atoms with Crippen LogP contribution in [0.15, 0.2) is 90.5 Å². The van der Waals surface area contributed by atoms with Gasteiger partial charge in [-0.3, -0.25) is 9.88 Å². The molecule has 0 unspecified atom stereocenters. The van der Waals surface area contributed by atoms with Crippen LogP contribution in [0, 0.1) is 0 Å². The van der Waals surface area contributed by atoms with E-state index in [2.05, 4.69) is 22.4 Å². The molecule has 184 valence electrons. The van der Waals surface area contributed by atoms with Crippen LogP contribution in [0.5, 0.6) is 17.2 Å². The van der Waals surface area contributed by atoms with Gasteiger partial charge < -0.3 is 19.5 Å². The van der Waals surface area contributed by atoms with Gasteiger partial charge >= 0.3 is 6.03 Å². The van der Waals surface area contributed by atoms with Gasteiger partial charge in [-0.1, -0.05) is 36.4 Å². The van der Waals surface area contributed by atoms with Crippen molar-refractivity contribution in [1.29, 1.82) is 0 Å². The zero-order valence-electron chi connectivity index (χ0n) is 20.4. The molecule has 1 N–H and O–H groups in total. The molecule has 1 aliphatic heterocycles. The zero-order valence-corrected chi connectivity index (χ0v) is 20.4. The van der Waals surface area contributed by atoms with Crippen LogP contribution in [0.3, 0.4) is 0 Å². The Morgan fingerprint density at radius 2 is 1.83 bits per heavy atom. The molecule has 1 atom stereocenters. The van der Waals surface area contributed by atoms with E-state index in [1.807, 2.05) is 60.7 Å². The molecule has 5 rings (SSSR count). The normalized spacial score (nSPS) is 17.7. The first-order valence-corrected chi connectivity index (χ1v) is 12.0. The molecule has 0 saturated carbocycles. The van der Waals surface area contributed by atoms with Crippen molar-refractivity contribution in [3.8, 4) is 17.2 Å². The van der Waals surface area contributed by atoms with Gasteiger partial charge in [-0.05, 0) is 48.8 Å². The van der Waals surface area contributed by atoms with Crippen molar-refractivity contribution < 1.29 is 19.0 Å². The number of amides is 2. The molecular weight excluding hydrogens is 454 g/mol. The maximum atomic E-state index is 12.9.